The maximum absolute atomic E-state index is 12.6. The van der Waals surface area contributed by atoms with Gasteiger partial charge in [-0.1, -0.05) is 26.7 Å². The number of carbonyl (C=O) groups is 2. The van der Waals surface area contributed by atoms with Gasteiger partial charge in [0.15, 0.2) is 0 Å². The minimum atomic E-state index is -0.412. The van der Waals surface area contributed by atoms with E-state index in [2.05, 4.69) is 24.1 Å². The number of H-pyrrole nitrogens is 1. The number of amides is 1. The number of aromatic amines is 1. The molecule has 0 spiro atoms. The fourth-order valence-electron chi connectivity index (χ4n) is 3.41. The predicted molar refractivity (Wildman–Crippen MR) is 85.0 cm³/mol. The van der Waals surface area contributed by atoms with Crippen LogP contribution in [0.15, 0.2) is 0 Å². The van der Waals surface area contributed by atoms with Gasteiger partial charge in [-0.15, -0.1) is 0 Å². The van der Waals surface area contributed by atoms with Crippen LogP contribution in [0, 0.1) is 25.7 Å². The van der Waals surface area contributed by atoms with E-state index in [1.807, 2.05) is 0 Å². The van der Waals surface area contributed by atoms with Crippen LogP contribution in [0.2, 0.25) is 0 Å². The minimum Gasteiger partial charge on any atom is -0.465 e. The van der Waals surface area contributed by atoms with E-state index in [4.69, 9.17) is 4.74 Å². The third-order valence-electron chi connectivity index (χ3n) is 5.08. The Balaban J connectivity index is 2.18. The summed E-state index contributed by atoms with van der Waals surface area (Å²) in [5, 5.41) is 3.13. The Bertz CT molecular complexity index is 577. The molecule has 0 unspecified atom stereocenters. The summed E-state index contributed by atoms with van der Waals surface area (Å²) >= 11 is 0. The van der Waals surface area contributed by atoms with Crippen LogP contribution in [0.3, 0.4) is 0 Å². The molecule has 1 amide bonds. The van der Waals surface area contributed by atoms with E-state index >= 15 is 0 Å². The van der Waals surface area contributed by atoms with Gasteiger partial charge in [0, 0.05) is 11.7 Å². The summed E-state index contributed by atoms with van der Waals surface area (Å²) < 4.78 is 4.78. The van der Waals surface area contributed by atoms with Crippen molar-refractivity contribution in [3.8, 4) is 0 Å². The zero-order chi connectivity index (χ0) is 16.4. The molecular formula is C17H26N2O3. The van der Waals surface area contributed by atoms with Gasteiger partial charge in [-0.25, -0.2) is 4.79 Å². The van der Waals surface area contributed by atoms with Gasteiger partial charge >= 0.3 is 5.97 Å². The van der Waals surface area contributed by atoms with Gasteiger partial charge in [0.25, 0.3) is 5.91 Å². The number of aromatic nitrogens is 1. The summed E-state index contributed by atoms with van der Waals surface area (Å²) in [6, 6.07) is 0.195. The van der Waals surface area contributed by atoms with Crippen molar-refractivity contribution in [3.63, 3.8) is 0 Å². The average Bonchev–Trinajstić information content (AvgIpc) is 2.78. The number of carbonyl (C=O) groups excluding carboxylic acids is 2. The molecule has 1 aliphatic rings. The van der Waals surface area contributed by atoms with Crippen molar-refractivity contribution in [1.29, 1.82) is 0 Å². The Morgan fingerprint density at radius 3 is 2.55 bits per heavy atom. The molecule has 0 radical (unpaired) electrons. The molecular weight excluding hydrogens is 280 g/mol. The summed E-state index contributed by atoms with van der Waals surface area (Å²) in [6.45, 7) is 7.99. The average molecular weight is 306 g/mol. The number of rotatable bonds is 3. The largest absolute Gasteiger partial charge is 0.465 e. The second-order valence-corrected chi connectivity index (χ2v) is 6.46. The highest BCUT2D eigenvalue weighted by Gasteiger charge is 2.30. The monoisotopic (exact) mass is 306 g/mol. The molecule has 1 heterocycles. The number of hydrogen-bond acceptors (Lipinski definition) is 3. The third kappa shape index (κ3) is 3.03. The lowest BCUT2D eigenvalue weighted by molar-refractivity contribution is 0.0599. The first kappa shape index (κ1) is 16.6. The van der Waals surface area contributed by atoms with Gasteiger partial charge in [-0.05, 0) is 37.7 Å². The SMILES string of the molecule is COC(=O)c1c(C)[nH]c(C(=O)N[C@@H]2CCC[C@H](C)[C@H]2C)c1C. The molecule has 0 aliphatic heterocycles. The zero-order valence-corrected chi connectivity index (χ0v) is 14.1. The molecule has 1 aromatic rings. The molecule has 1 aromatic heterocycles. The number of esters is 1. The van der Waals surface area contributed by atoms with E-state index in [0.29, 0.717) is 34.4 Å². The number of methoxy groups -OCH3 is 1. The minimum absolute atomic E-state index is 0.137. The van der Waals surface area contributed by atoms with Crippen LogP contribution in [0.25, 0.3) is 0 Å². The Morgan fingerprint density at radius 1 is 1.23 bits per heavy atom. The summed E-state index contributed by atoms with van der Waals surface area (Å²) in [6.07, 6.45) is 3.38. The molecule has 0 bridgehead atoms. The van der Waals surface area contributed by atoms with Crippen molar-refractivity contribution in [2.24, 2.45) is 11.8 Å². The van der Waals surface area contributed by atoms with E-state index in [0.717, 1.165) is 12.8 Å². The van der Waals surface area contributed by atoms with E-state index in [9.17, 15) is 9.59 Å². The Labute approximate surface area is 131 Å². The third-order valence-corrected chi connectivity index (χ3v) is 5.08. The van der Waals surface area contributed by atoms with E-state index in [1.54, 1.807) is 13.8 Å². The summed E-state index contributed by atoms with van der Waals surface area (Å²) in [5.41, 5.74) is 2.24. The standard InChI is InChI=1S/C17H26N2O3/c1-9-7-6-8-13(10(9)2)19-16(20)15-11(3)14(12(4)18-15)17(21)22-5/h9-10,13,18H,6-8H2,1-5H3,(H,19,20)/t9-,10+,13+/m0/s1. The number of ether oxygens (including phenoxy) is 1. The molecule has 122 valence electrons. The maximum atomic E-state index is 12.6. The van der Waals surface area contributed by atoms with Gasteiger partial charge in [-0.3, -0.25) is 4.79 Å². The first-order chi connectivity index (χ1) is 10.4. The molecule has 1 saturated carbocycles. The van der Waals surface area contributed by atoms with Gasteiger partial charge in [0.1, 0.15) is 5.69 Å². The Morgan fingerprint density at radius 2 is 1.91 bits per heavy atom. The van der Waals surface area contributed by atoms with Crippen molar-refractivity contribution in [2.45, 2.75) is 53.0 Å². The van der Waals surface area contributed by atoms with Crippen LogP contribution in [0.5, 0.6) is 0 Å². The van der Waals surface area contributed by atoms with Crippen molar-refractivity contribution < 1.29 is 14.3 Å². The van der Waals surface area contributed by atoms with Crippen molar-refractivity contribution in [3.05, 3.63) is 22.5 Å². The highest BCUT2D eigenvalue weighted by molar-refractivity contribution is 6.00. The zero-order valence-electron chi connectivity index (χ0n) is 14.1. The van der Waals surface area contributed by atoms with E-state index < -0.39 is 5.97 Å². The fourth-order valence-corrected chi connectivity index (χ4v) is 3.41. The van der Waals surface area contributed by atoms with Gasteiger partial charge in [0.2, 0.25) is 0 Å². The van der Waals surface area contributed by atoms with Crippen LogP contribution < -0.4 is 5.32 Å². The highest BCUT2D eigenvalue weighted by Crippen LogP contribution is 2.30. The highest BCUT2D eigenvalue weighted by atomic mass is 16.5. The molecule has 1 aliphatic carbocycles. The lowest BCUT2D eigenvalue weighted by Crippen LogP contribution is -2.44. The normalized spacial score (nSPS) is 24.9. The van der Waals surface area contributed by atoms with Crippen LogP contribution in [-0.4, -0.2) is 30.0 Å². The Kier molecular flexibility index (Phi) is 4.94. The molecule has 0 saturated heterocycles. The number of nitrogens with one attached hydrogen (secondary N) is 2. The van der Waals surface area contributed by atoms with Gasteiger partial charge in [0.05, 0.1) is 12.7 Å². The lowest BCUT2D eigenvalue weighted by Gasteiger charge is -2.34. The van der Waals surface area contributed by atoms with Gasteiger partial charge < -0.3 is 15.0 Å². The number of hydrogen-bond donors (Lipinski definition) is 2. The summed E-state index contributed by atoms with van der Waals surface area (Å²) in [5.74, 6) is 0.539. The van der Waals surface area contributed by atoms with Crippen molar-refractivity contribution in [1.82, 2.24) is 10.3 Å². The molecule has 5 heteroatoms. The molecule has 0 aromatic carbocycles. The topological polar surface area (TPSA) is 71.2 Å². The fraction of sp³-hybridized carbons (Fsp3) is 0.647. The van der Waals surface area contributed by atoms with Crippen molar-refractivity contribution in [2.75, 3.05) is 7.11 Å². The van der Waals surface area contributed by atoms with Crippen LogP contribution in [0.4, 0.5) is 0 Å². The number of aryl methyl sites for hydroxylation is 1. The summed E-state index contributed by atoms with van der Waals surface area (Å²) in [7, 11) is 1.35. The van der Waals surface area contributed by atoms with E-state index in [1.165, 1.54) is 13.5 Å². The molecule has 2 N–H and O–H groups in total. The molecule has 1 fully saturated rings. The first-order valence-electron chi connectivity index (χ1n) is 7.95. The molecule has 5 nitrogen and oxygen atoms in total. The van der Waals surface area contributed by atoms with Crippen LogP contribution in [0.1, 0.15) is 65.2 Å². The van der Waals surface area contributed by atoms with Crippen molar-refractivity contribution >= 4 is 11.9 Å². The lowest BCUT2D eigenvalue weighted by atomic mass is 9.78. The van der Waals surface area contributed by atoms with Crippen LogP contribution >= 0.6 is 0 Å². The second-order valence-electron chi connectivity index (χ2n) is 6.46. The quantitative estimate of drug-likeness (QED) is 0.843. The van der Waals surface area contributed by atoms with E-state index in [-0.39, 0.29) is 11.9 Å². The second kappa shape index (κ2) is 6.55. The Hall–Kier alpha value is -1.78. The predicted octanol–water partition coefficient (Wildman–Crippen LogP) is 2.97. The van der Waals surface area contributed by atoms with Crippen LogP contribution in [-0.2, 0) is 4.74 Å². The molecule has 3 atom stereocenters. The molecule has 22 heavy (non-hydrogen) atoms. The maximum Gasteiger partial charge on any atom is 0.339 e. The molecule has 2 rings (SSSR count). The van der Waals surface area contributed by atoms with Gasteiger partial charge in [-0.2, -0.15) is 0 Å². The smallest absolute Gasteiger partial charge is 0.339 e. The first-order valence-corrected chi connectivity index (χ1v) is 7.95. The summed E-state index contributed by atoms with van der Waals surface area (Å²) in [4.78, 5) is 27.4.